The van der Waals surface area contributed by atoms with E-state index >= 15 is 0 Å². The van der Waals surface area contributed by atoms with Crippen LogP contribution in [0, 0.1) is 0 Å². The second kappa shape index (κ2) is 12.5. The summed E-state index contributed by atoms with van der Waals surface area (Å²) in [6.07, 6.45) is 6.14. The highest BCUT2D eigenvalue weighted by molar-refractivity contribution is 7.08. The maximum atomic E-state index is 12.5. The third kappa shape index (κ3) is 7.02. The first-order valence-corrected chi connectivity index (χ1v) is 13.0. The van der Waals surface area contributed by atoms with Crippen LogP contribution in [0.2, 0.25) is 0 Å². The van der Waals surface area contributed by atoms with Gasteiger partial charge in [0.25, 0.3) is 0 Å². The number of amides is 1. The monoisotopic (exact) mass is 476 g/mol. The van der Waals surface area contributed by atoms with E-state index in [1.807, 2.05) is 41.8 Å². The van der Waals surface area contributed by atoms with E-state index in [0.717, 1.165) is 80.4 Å². The Bertz CT molecular complexity index is 1040. The molecule has 0 unspecified atom stereocenters. The Morgan fingerprint density at radius 2 is 1.79 bits per heavy atom. The van der Waals surface area contributed by atoms with Crippen LogP contribution in [0.25, 0.3) is 11.1 Å². The maximum absolute atomic E-state index is 12.5. The fraction of sp³-hybridized carbons (Fsp3) is 0.357. The Morgan fingerprint density at radius 3 is 2.53 bits per heavy atom. The molecule has 1 aliphatic heterocycles. The number of nitrogens with zero attached hydrogens (tertiary/aromatic N) is 1. The molecule has 0 radical (unpaired) electrons. The van der Waals surface area contributed by atoms with Crippen molar-refractivity contribution in [3.05, 3.63) is 76.5 Å². The zero-order valence-electron chi connectivity index (χ0n) is 19.4. The number of carbonyl (C=O) groups is 2. The van der Waals surface area contributed by atoms with Crippen molar-refractivity contribution in [2.24, 2.45) is 0 Å². The van der Waals surface area contributed by atoms with Gasteiger partial charge >= 0.3 is 6.09 Å². The van der Waals surface area contributed by atoms with Crippen LogP contribution in [-0.2, 0) is 22.4 Å². The van der Waals surface area contributed by atoms with E-state index in [2.05, 4.69) is 33.8 Å². The van der Waals surface area contributed by atoms with Gasteiger partial charge in [-0.2, -0.15) is 11.3 Å². The number of likely N-dealkylation sites (tertiary alicyclic amines) is 1. The summed E-state index contributed by atoms with van der Waals surface area (Å²) in [5.74, 6) is 0. The molecule has 2 heterocycles. The largest absolute Gasteiger partial charge is 0.446 e. The molecule has 1 aromatic heterocycles. The molecule has 4 rings (SSSR count). The summed E-state index contributed by atoms with van der Waals surface area (Å²) in [5.41, 5.74) is 5.29. The second-order valence-electron chi connectivity index (χ2n) is 8.77. The first-order valence-electron chi connectivity index (χ1n) is 12.0. The van der Waals surface area contributed by atoms with Gasteiger partial charge in [-0.05, 0) is 78.2 Å². The Morgan fingerprint density at radius 1 is 1.03 bits per heavy atom. The molecular formula is C28H32N2O3S. The van der Waals surface area contributed by atoms with Crippen LogP contribution in [0.1, 0.15) is 36.8 Å². The highest BCUT2D eigenvalue weighted by Gasteiger charge is 2.22. The Labute approximate surface area is 205 Å². The van der Waals surface area contributed by atoms with Gasteiger partial charge in [-0.3, -0.25) is 5.32 Å². The van der Waals surface area contributed by atoms with E-state index in [9.17, 15) is 9.59 Å². The predicted octanol–water partition coefficient (Wildman–Crippen LogP) is 6.19. The number of aldehydes is 1. The number of benzene rings is 2. The Kier molecular flexibility index (Phi) is 8.88. The van der Waals surface area contributed by atoms with Crippen molar-refractivity contribution in [2.45, 2.75) is 44.6 Å². The number of para-hydroxylation sites is 1. The summed E-state index contributed by atoms with van der Waals surface area (Å²) in [7, 11) is 0. The van der Waals surface area contributed by atoms with E-state index in [0.29, 0.717) is 6.42 Å². The number of carbonyl (C=O) groups excluding carboxylic acids is 2. The molecule has 1 saturated heterocycles. The molecule has 0 atom stereocenters. The smallest absolute Gasteiger partial charge is 0.411 e. The zero-order valence-corrected chi connectivity index (χ0v) is 20.3. The standard InChI is InChI=1S/C28H32N2O3S/c31-19-14-23-10-8-22(9-11-23)5-3-4-16-30-17-12-25(13-18-30)33-28(32)29-27-7-2-1-6-26(27)24-15-20-34-21-24/h1-2,6-11,15,19-21,25H,3-5,12-14,16-18H2,(H,29,32). The molecule has 1 fully saturated rings. The summed E-state index contributed by atoms with van der Waals surface area (Å²) in [4.78, 5) is 25.6. The lowest BCUT2D eigenvalue weighted by Gasteiger charge is -2.31. The molecule has 3 aromatic rings. The van der Waals surface area contributed by atoms with Crippen molar-refractivity contribution in [1.29, 1.82) is 0 Å². The van der Waals surface area contributed by atoms with Gasteiger partial charge in [0.05, 0.1) is 5.69 Å². The first kappa shape index (κ1) is 24.2. The van der Waals surface area contributed by atoms with Crippen molar-refractivity contribution in [2.75, 3.05) is 25.0 Å². The molecule has 6 heteroatoms. The number of unbranched alkanes of at least 4 members (excludes halogenated alkanes) is 1. The highest BCUT2D eigenvalue weighted by Crippen LogP contribution is 2.29. The van der Waals surface area contributed by atoms with Crippen LogP contribution in [-0.4, -0.2) is 43.0 Å². The van der Waals surface area contributed by atoms with Gasteiger partial charge in [-0.25, -0.2) is 4.79 Å². The van der Waals surface area contributed by atoms with E-state index in [1.54, 1.807) is 11.3 Å². The fourth-order valence-electron chi connectivity index (χ4n) is 4.41. The Hall–Kier alpha value is -2.96. The number of hydrogen-bond acceptors (Lipinski definition) is 5. The molecular weight excluding hydrogens is 444 g/mol. The van der Waals surface area contributed by atoms with Gasteiger partial charge in [-0.1, -0.05) is 42.5 Å². The van der Waals surface area contributed by atoms with Crippen LogP contribution >= 0.6 is 11.3 Å². The summed E-state index contributed by atoms with van der Waals surface area (Å²) in [6.45, 7) is 3.00. The first-order chi connectivity index (χ1) is 16.7. The third-order valence-corrected chi connectivity index (χ3v) is 7.02. The topological polar surface area (TPSA) is 58.6 Å². The van der Waals surface area contributed by atoms with Crippen molar-refractivity contribution >= 4 is 29.4 Å². The normalized spacial score (nSPS) is 14.6. The lowest BCUT2D eigenvalue weighted by molar-refractivity contribution is -0.107. The summed E-state index contributed by atoms with van der Waals surface area (Å²) < 4.78 is 5.73. The molecule has 0 bridgehead atoms. The molecule has 2 aromatic carbocycles. The van der Waals surface area contributed by atoms with Crippen molar-refractivity contribution in [3.63, 3.8) is 0 Å². The molecule has 0 aliphatic carbocycles. The lowest BCUT2D eigenvalue weighted by atomic mass is 10.0. The average Bonchev–Trinajstić information content (AvgIpc) is 3.39. The number of rotatable bonds is 10. The molecule has 0 saturated carbocycles. The molecule has 34 heavy (non-hydrogen) atoms. The third-order valence-electron chi connectivity index (χ3n) is 6.34. The second-order valence-corrected chi connectivity index (χ2v) is 9.55. The minimum absolute atomic E-state index is 0.0329. The zero-order chi connectivity index (χ0) is 23.6. The molecule has 5 nitrogen and oxygen atoms in total. The van der Waals surface area contributed by atoms with Crippen molar-refractivity contribution in [3.8, 4) is 11.1 Å². The maximum Gasteiger partial charge on any atom is 0.411 e. The van der Waals surface area contributed by atoms with Gasteiger partial charge in [0.1, 0.15) is 12.4 Å². The molecule has 1 N–H and O–H groups in total. The molecule has 178 valence electrons. The minimum atomic E-state index is -0.375. The van der Waals surface area contributed by atoms with E-state index in [1.165, 1.54) is 5.56 Å². The summed E-state index contributed by atoms with van der Waals surface area (Å²) >= 11 is 1.64. The predicted molar refractivity (Wildman–Crippen MR) is 138 cm³/mol. The van der Waals surface area contributed by atoms with E-state index < -0.39 is 0 Å². The van der Waals surface area contributed by atoms with Crippen LogP contribution in [0.4, 0.5) is 10.5 Å². The van der Waals surface area contributed by atoms with Crippen molar-refractivity contribution in [1.82, 2.24) is 4.90 Å². The number of piperidine rings is 1. The number of anilines is 1. The number of thiophene rings is 1. The van der Waals surface area contributed by atoms with E-state index in [4.69, 9.17) is 4.74 Å². The number of nitrogens with one attached hydrogen (secondary N) is 1. The van der Waals surface area contributed by atoms with E-state index in [-0.39, 0.29) is 12.2 Å². The van der Waals surface area contributed by atoms with Crippen molar-refractivity contribution < 1.29 is 14.3 Å². The van der Waals surface area contributed by atoms with Gasteiger partial charge < -0.3 is 14.4 Å². The van der Waals surface area contributed by atoms with Crippen LogP contribution < -0.4 is 5.32 Å². The van der Waals surface area contributed by atoms with Gasteiger partial charge in [-0.15, -0.1) is 0 Å². The number of hydrogen-bond donors (Lipinski definition) is 1. The fourth-order valence-corrected chi connectivity index (χ4v) is 5.06. The number of ether oxygens (including phenoxy) is 1. The number of aryl methyl sites for hydroxylation is 1. The van der Waals surface area contributed by atoms with Gasteiger partial charge in [0, 0.05) is 25.1 Å². The highest BCUT2D eigenvalue weighted by atomic mass is 32.1. The summed E-state index contributed by atoms with van der Waals surface area (Å²) in [5, 5.41) is 7.05. The van der Waals surface area contributed by atoms with Crippen LogP contribution in [0.3, 0.4) is 0 Å². The van der Waals surface area contributed by atoms with Crippen LogP contribution in [0.5, 0.6) is 0 Å². The average molecular weight is 477 g/mol. The Balaban J connectivity index is 1.14. The van der Waals surface area contributed by atoms with Gasteiger partial charge in [0.2, 0.25) is 0 Å². The molecule has 1 amide bonds. The van der Waals surface area contributed by atoms with Gasteiger partial charge in [0.15, 0.2) is 0 Å². The lowest BCUT2D eigenvalue weighted by Crippen LogP contribution is -2.38. The minimum Gasteiger partial charge on any atom is -0.446 e. The molecule has 1 aliphatic rings. The van der Waals surface area contributed by atoms with Crippen LogP contribution in [0.15, 0.2) is 65.4 Å². The molecule has 0 spiro atoms. The summed E-state index contributed by atoms with van der Waals surface area (Å²) in [6, 6.07) is 18.2. The SMILES string of the molecule is O=CCc1ccc(CCCCN2CCC(OC(=O)Nc3ccccc3-c3ccsc3)CC2)cc1. The quantitative estimate of drug-likeness (QED) is 0.280.